The summed E-state index contributed by atoms with van der Waals surface area (Å²) >= 11 is 0. The van der Waals surface area contributed by atoms with Gasteiger partial charge >= 0.3 is 0 Å². The maximum atomic E-state index is 6.05. The normalized spacial score (nSPS) is 40.1. The summed E-state index contributed by atoms with van der Waals surface area (Å²) in [4.78, 5) is 2.75. The second kappa shape index (κ2) is 4.19. The van der Waals surface area contributed by atoms with Crippen LogP contribution >= 0.6 is 0 Å². The molecule has 2 aliphatic heterocycles. The zero-order valence-electron chi connectivity index (χ0n) is 9.58. The van der Waals surface area contributed by atoms with Crippen LogP contribution in [0.3, 0.4) is 0 Å². The number of hydrogen-bond acceptors (Lipinski definition) is 2. The molecule has 82 valence electrons. The molecule has 0 aromatic rings. The molecule has 2 saturated heterocycles. The monoisotopic (exact) mass is 196 g/mol. The average molecular weight is 196 g/mol. The van der Waals surface area contributed by atoms with E-state index in [1.807, 2.05) is 0 Å². The molecule has 2 unspecified atom stereocenters. The number of hydrogen-bond donors (Lipinski definition) is 1. The van der Waals surface area contributed by atoms with Gasteiger partial charge in [0.05, 0.1) is 0 Å². The molecule has 2 nitrogen and oxygen atoms in total. The van der Waals surface area contributed by atoms with Crippen LogP contribution < -0.4 is 5.73 Å². The summed E-state index contributed by atoms with van der Waals surface area (Å²) in [6.45, 7) is 5.97. The van der Waals surface area contributed by atoms with Gasteiger partial charge in [0, 0.05) is 24.7 Å². The minimum atomic E-state index is 0.487. The Labute approximate surface area is 87.8 Å². The molecule has 0 aromatic heterocycles. The Balaban J connectivity index is 1.94. The fourth-order valence-corrected chi connectivity index (χ4v) is 3.10. The van der Waals surface area contributed by atoms with Crippen LogP contribution in [-0.2, 0) is 0 Å². The Morgan fingerprint density at radius 3 is 2.36 bits per heavy atom. The van der Waals surface area contributed by atoms with Gasteiger partial charge < -0.3 is 5.73 Å². The standard InChI is InChI=1S/C12H24N2/c1-3-9(2)8-14-11-4-5-12(14)7-10(13)6-11/h9-12H,3-8,13H2,1-2H3/t9?,10?,11-,12+. The lowest BCUT2D eigenvalue weighted by Gasteiger charge is -2.39. The summed E-state index contributed by atoms with van der Waals surface area (Å²) < 4.78 is 0. The highest BCUT2D eigenvalue weighted by Gasteiger charge is 2.39. The van der Waals surface area contributed by atoms with Crippen LogP contribution in [0.4, 0.5) is 0 Å². The zero-order chi connectivity index (χ0) is 10.1. The second-order valence-electron chi connectivity index (χ2n) is 5.33. The molecule has 2 fully saturated rings. The Bertz CT molecular complexity index is 179. The van der Waals surface area contributed by atoms with Crippen molar-refractivity contribution in [2.75, 3.05) is 6.54 Å². The lowest BCUT2D eigenvalue weighted by molar-refractivity contribution is 0.109. The summed E-state index contributed by atoms with van der Waals surface area (Å²) in [7, 11) is 0. The highest BCUT2D eigenvalue weighted by atomic mass is 15.2. The van der Waals surface area contributed by atoms with Crippen LogP contribution in [0.25, 0.3) is 0 Å². The SMILES string of the molecule is CCC(C)CN1[C@@H]2CC[C@H]1CC(N)C2. The Morgan fingerprint density at radius 2 is 1.86 bits per heavy atom. The van der Waals surface area contributed by atoms with E-state index in [1.165, 1.54) is 38.6 Å². The van der Waals surface area contributed by atoms with Gasteiger partial charge in [-0.3, -0.25) is 4.90 Å². The number of fused-ring (bicyclic) bond motifs is 2. The van der Waals surface area contributed by atoms with Gasteiger partial charge in [0.2, 0.25) is 0 Å². The van der Waals surface area contributed by atoms with Crippen molar-refractivity contribution in [2.45, 2.75) is 64.1 Å². The predicted molar refractivity (Wildman–Crippen MR) is 60.2 cm³/mol. The zero-order valence-corrected chi connectivity index (χ0v) is 9.58. The molecule has 2 heterocycles. The predicted octanol–water partition coefficient (Wildman–Crippen LogP) is 1.99. The van der Waals surface area contributed by atoms with Crippen molar-refractivity contribution in [1.82, 2.24) is 4.90 Å². The molecule has 0 aromatic carbocycles. The molecule has 14 heavy (non-hydrogen) atoms. The first-order valence-electron chi connectivity index (χ1n) is 6.22. The van der Waals surface area contributed by atoms with Crippen LogP contribution in [0.5, 0.6) is 0 Å². The van der Waals surface area contributed by atoms with Crippen molar-refractivity contribution in [2.24, 2.45) is 11.7 Å². The number of rotatable bonds is 3. The summed E-state index contributed by atoms with van der Waals surface area (Å²) in [6, 6.07) is 2.12. The van der Waals surface area contributed by atoms with Crippen molar-refractivity contribution in [3.8, 4) is 0 Å². The van der Waals surface area contributed by atoms with Gasteiger partial charge in [-0.15, -0.1) is 0 Å². The van der Waals surface area contributed by atoms with E-state index in [0.717, 1.165) is 18.0 Å². The third-order valence-corrected chi connectivity index (χ3v) is 4.14. The topological polar surface area (TPSA) is 29.3 Å². The first kappa shape index (κ1) is 10.4. The Kier molecular flexibility index (Phi) is 3.13. The van der Waals surface area contributed by atoms with Crippen molar-refractivity contribution in [1.29, 1.82) is 0 Å². The lowest BCUT2D eigenvalue weighted by atomic mass is 9.96. The number of nitrogens with two attached hydrogens (primary N) is 1. The van der Waals surface area contributed by atoms with E-state index in [-0.39, 0.29) is 0 Å². The highest BCUT2D eigenvalue weighted by molar-refractivity contribution is 4.96. The van der Waals surface area contributed by atoms with Crippen molar-refractivity contribution in [3.05, 3.63) is 0 Å². The molecule has 0 radical (unpaired) electrons. The van der Waals surface area contributed by atoms with Gasteiger partial charge in [0.15, 0.2) is 0 Å². The van der Waals surface area contributed by atoms with E-state index in [1.54, 1.807) is 0 Å². The third-order valence-electron chi connectivity index (χ3n) is 4.14. The first-order valence-corrected chi connectivity index (χ1v) is 6.22. The van der Waals surface area contributed by atoms with Crippen LogP contribution in [0.2, 0.25) is 0 Å². The smallest absolute Gasteiger partial charge is 0.0114 e. The van der Waals surface area contributed by atoms with Crippen molar-refractivity contribution in [3.63, 3.8) is 0 Å². The molecule has 2 N–H and O–H groups in total. The third kappa shape index (κ3) is 1.96. The van der Waals surface area contributed by atoms with Crippen molar-refractivity contribution < 1.29 is 0 Å². The van der Waals surface area contributed by atoms with E-state index < -0.39 is 0 Å². The molecule has 4 atom stereocenters. The average Bonchev–Trinajstić information content (AvgIpc) is 2.41. The van der Waals surface area contributed by atoms with E-state index >= 15 is 0 Å². The maximum absolute atomic E-state index is 6.05. The van der Waals surface area contributed by atoms with Crippen LogP contribution in [-0.4, -0.2) is 29.6 Å². The number of piperidine rings is 1. The largest absolute Gasteiger partial charge is 0.328 e. The lowest BCUT2D eigenvalue weighted by Crippen LogP contribution is -2.48. The summed E-state index contributed by atoms with van der Waals surface area (Å²) in [5, 5.41) is 0. The molecular weight excluding hydrogens is 172 g/mol. The molecule has 0 saturated carbocycles. The summed E-state index contributed by atoms with van der Waals surface area (Å²) in [6.07, 6.45) is 6.59. The van der Waals surface area contributed by atoms with E-state index in [9.17, 15) is 0 Å². The van der Waals surface area contributed by atoms with Crippen LogP contribution in [0.15, 0.2) is 0 Å². The molecule has 2 bridgehead atoms. The fraction of sp³-hybridized carbons (Fsp3) is 1.00. The molecule has 2 rings (SSSR count). The molecule has 0 amide bonds. The fourth-order valence-electron chi connectivity index (χ4n) is 3.10. The molecule has 2 heteroatoms. The molecular formula is C12H24N2. The molecule has 2 aliphatic rings. The Morgan fingerprint density at radius 1 is 1.29 bits per heavy atom. The van der Waals surface area contributed by atoms with Gasteiger partial charge in [-0.25, -0.2) is 0 Å². The van der Waals surface area contributed by atoms with E-state index in [4.69, 9.17) is 5.73 Å². The van der Waals surface area contributed by atoms with Crippen molar-refractivity contribution >= 4 is 0 Å². The quantitative estimate of drug-likeness (QED) is 0.748. The highest BCUT2D eigenvalue weighted by Crippen LogP contribution is 2.35. The minimum absolute atomic E-state index is 0.487. The van der Waals surface area contributed by atoms with Gasteiger partial charge in [-0.2, -0.15) is 0 Å². The van der Waals surface area contributed by atoms with Gasteiger partial charge in [0.1, 0.15) is 0 Å². The van der Waals surface area contributed by atoms with E-state index in [0.29, 0.717) is 6.04 Å². The van der Waals surface area contributed by atoms with Gasteiger partial charge in [-0.1, -0.05) is 20.3 Å². The van der Waals surface area contributed by atoms with Crippen LogP contribution in [0.1, 0.15) is 46.0 Å². The second-order valence-corrected chi connectivity index (χ2v) is 5.33. The molecule has 0 spiro atoms. The minimum Gasteiger partial charge on any atom is -0.328 e. The number of nitrogens with zero attached hydrogens (tertiary/aromatic N) is 1. The first-order chi connectivity index (χ1) is 6.70. The maximum Gasteiger partial charge on any atom is 0.0114 e. The summed E-state index contributed by atoms with van der Waals surface area (Å²) in [5.41, 5.74) is 6.05. The summed E-state index contributed by atoms with van der Waals surface area (Å²) in [5.74, 6) is 0.854. The molecule has 0 aliphatic carbocycles. The van der Waals surface area contributed by atoms with Gasteiger partial charge in [-0.05, 0) is 31.6 Å². The van der Waals surface area contributed by atoms with Crippen LogP contribution in [0, 0.1) is 5.92 Å². The van der Waals surface area contributed by atoms with Gasteiger partial charge in [0.25, 0.3) is 0 Å². The van der Waals surface area contributed by atoms with E-state index in [2.05, 4.69) is 18.7 Å². The Hall–Kier alpha value is -0.0800.